The summed E-state index contributed by atoms with van der Waals surface area (Å²) in [7, 11) is -3.20. The molecule has 0 saturated carbocycles. The van der Waals surface area contributed by atoms with Gasteiger partial charge in [0, 0.05) is 21.9 Å². The predicted octanol–water partition coefficient (Wildman–Crippen LogP) is 3.98. The number of benzene rings is 2. The van der Waals surface area contributed by atoms with Crippen LogP contribution in [0.5, 0.6) is 5.75 Å². The van der Waals surface area contributed by atoms with Crippen LogP contribution in [-0.2, 0) is 16.4 Å². The van der Waals surface area contributed by atoms with Crippen LogP contribution in [0, 0.1) is 0 Å². The Morgan fingerprint density at radius 3 is 2.05 bits per heavy atom. The van der Waals surface area contributed by atoms with Crippen molar-refractivity contribution in [3.8, 4) is 5.75 Å². The Balaban J connectivity index is 2.12. The zero-order valence-electron chi connectivity index (χ0n) is 10.6. The van der Waals surface area contributed by atoms with Gasteiger partial charge in [-0.1, -0.05) is 29.3 Å². The Labute approximate surface area is 128 Å². The van der Waals surface area contributed by atoms with E-state index in [1.54, 1.807) is 30.3 Å². The van der Waals surface area contributed by atoms with Crippen LogP contribution in [0.3, 0.4) is 0 Å². The van der Waals surface area contributed by atoms with Crippen molar-refractivity contribution in [1.82, 2.24) is 0 Å². The van der Waals surface area contributed by atoms with Gasteiger partial charge in [0.05, 0.1) is 4.90 Å². The van der Waals surface area contributed by atoms with Crippen LogP contribution in [0.4, 0.5) is 0 Å². The van der Waals surface area contributed by atoms with Crippen molar-refractivity contribution in [3.63, 3.8) is 0 Å². The standard InChI is InChI=1S/C14H12Cl2O3S/c1-20(17,18)11-7-5-10(6-8-11)19-9-12-13(15)3-2-4-14(12)16/h2-8H,9H2,1H3. The highest BCUT2D eigenvalue weighted by Gasteiger charge is 2.08. The second kappa shape index (κ2) is 6.04. The highest BCUT2D eigenvalue weighted by molar-refractivity contribution is 7.90. The van der Waals surface area contributed by atoms with Gasteiger partial charge in [-0.2, -0.15) is 0 Å². The first-order valence-electron chi connectivity index (χ1n) is 5.74. The molecule has 3 nitrogen and oxygen atoms in total. The maximum Gasteiger partial charge on any atom is 0.175 e. The van der Waals surface area contributed by atoms with E-state index in [1.807, 2.05) is 0 Å². The van der Waals surface area contributed by atoms with Crippen LogP contribution in [0.15, 0.2) is 47.4 Å². The van der Waals surface area contributed by atoms with Gasteiger partial charge in [-0.15, -0.1) is 0 Å². The number of ether oxygens (including phenoxy) is 1. The van der Waals surface area contributed by atoms with E-state index >= 15 is 0 Å². The average Bonchev–Trinajstić information content (AvgIpc) is 2.37. The van der Waals surface area contributed by atoms with Gasteiger partial charge in [0.1, 0.15) is 12.4 Å². The van der Waals surface area contributed by atoms with Crippen molar-refractivity contribution in [3.05, 3.63) is 58.1 Å². The van der Waals surface area contributed by atoms with Crippen LogP contribution < -0.4 is 4.74 Å². The molecular formula is C14H12Cl2O3S. The molecule has 6 heteroatoms. The molecule has 106 valence electrons. The number of sulfone groups is 1. The molecule has 0 radical (unpaired) electrons. The van der Waals surface area contributed by atoms with Crippen molar-refractivity contribution in [2.45, 2.75) is 11.5 Å². The van der Waals surface area contributed by atoms with E-state index in [4.69, 9.17) is 27.9 Å². The largest absolute Gasteiger partial charge is 0.489 e. The first kappa shape index (κ1) is 15.2. The number of rotatable bonds is 4. The second-order valence-corrected chi connectivity index (χ2v) is 7.06. The van der Waals surface area contributed by atoms with E-state index < -0.39 is 9.84 Å². The molecule has 0 bridgehead atoms. The van der Waals surface area contributed by atoms with Gasteiger partial charge in [-0.25, -0.2) is 8.42 Å². The molecule has 0 atom stereocenters. The van der Waals surface area contributed by atoms with Crippen molar-refractivity contribution in [1.29, 1.82) is 0 Å². The Kier molecular flexibility index (Phi) is 4.58. The molecule has 0 N–H and O–H groups in total. The van der Waals surface area contributed by atoms with Gasteiger partial charge in [0.2, 0.25) is 0 Å². The van der Waals surface area contributed by atoms with Crippen LogP contribution in [0.25, 0.3) is 0 Å². The number of hydrogen-bond acceptors (Lipinski definition) is 3. The fourth-order valence-electron chi connectivity index (χ4n) is 1.61. The van der Waals surface area contributed by atoms with Gasteiger partial charge in [-0.3, -0.25) is 0 Å². The molecule has 20 heavy (non-hydrogen) atoms. The SMILES string of the molecule is CS(=O)(=O)c1ccc(OCc2c(Cl)cccc2Cl)cc1. The molecule has 0 aliphatic heterocycles. The minimum atomic E-state index is -3.20. The molecule has 2 aromatic carbocycles. The van der Waals surface area contributed by atoms with Gasteiger partial charge < -0.3 is 4.74 Å². The zero-order valence-corrected chi connectivity index (χ0v) is 13.0. The van der Waals surface area contributed by atoms with Crippen LogP contribution >= 0.6 is 23.2 Å². The third-order valence-electron chi connectivity index (χ3n) is 2.70. The lowest BCUT2D eigenvalue weighted by atomic mass is 10.2. The minimum Gasteiger partial charge on any atom is -0.489 e. The van der Waals surface area contributed by atoms with E-state index in [0.717, 1.165) is 6.26 Å². The number of halogens is 2. The van der Waals surface area contributed by atoms with Crippen molar-refractivity contribution in [2.75, 3.05) is 6.26 Å². The van der Waals surface area contributed by atoms with E-state index in [2.05, 4.69) is 0 Å². The summed E-state index contributed by atoms with van der Waals surface area (Å²) in [4.78, 5) is 0.251. The summed E-state index contributed by atoms with van der Waals surface area (Å²) < 4.78 is 28.2. The van der Waals surface area contributed by atoms with Crippen molar-refractivity contribution < 1.29 is 13.2 Å². The smallest absolute Gasteiger partial charge is 0.175 e. The van der Waals surface area contributed by atoms with E-state index in [-0.39, 0.29) is 11.5 Å². The molecule has 0 saturated heterocycles. The average molecular weight is 331 g/mol. The monoisotopic (exact) mass is 330 g/mol. The summed E-state index contributed by atoms with van der Waals surface area (Å²) in [6, 6.07) is 11.4. The Morgan fingerprint density at radius 1 is 1.00 bits per heavy atom. The lowest BCUT2D eigenvalue weighted by Crippen LogP contribution is -1.99. The molecule has 0 aliphatic carbocycles. The topological polar surface area (TPSA) is 43.4 Å². The summed E-state index contributed by atoms with van der Waals surface area (Å²) in [5.41, 5.74) is 0.697. The highest BCUT2D eigenvalue weighted by atomic mass is 35.5. The number of hydrogen-bond donors (Lipinski definition) is 0. The van der Waals surface area contributed by atoms with E-state index in [9.17, 15) is 8.42 Å². The minimum absolute atomic E-state index is 0.219. The Hall–Kier alpha value is -1.23. The molecule has 0 unspecified atom stereocenters. The molecule has 0 spiro atoms. The van der Waals surface area contributed by atoms with Crippen LogP contribution in [-0.4, -0.2) is 14.7 Å². The molecule has 0 fully saturated rings. The molecular weight excluding hydrogens is 319 g/mol. The van der Waals surface area contributed by atoms with Gasteiger partial charge in [0.15, 0.2) is 9.84 Å². The lowest BCUT2D eigenvalue weighted by Gasteiger charge is -2.09. The maximum absolute atomic E-state index is 11.3. The van der Waals surface area contributed by atoms with Crippen LogP contribution in [0.1, 0.15) is 5.56 Å². The van der Waals surface area contributed by atoms with Crippen molar-refractivity contribution >= 4 is 33.0 Å². The molecule has 2 aromatic rings. The second-order valence-electron chi connectivity index (χ2n) is 4.23. The molecule has 0 heterocycles. The Morgan fingerprint density at radius 2 is 1.55 bits per heavy atom. The van der Waals surface area contributed by atoms with Crippen molar-refractivity contribution in [2.24, 2.45) is 0 Å². The summed E-state index contributed by atoms with van der Waals surface area (Å²) in [5, 5.41) is 1.07. The first-order chi connectivity index (χ1) is 9.38. The van der Waals surface area contributed by atoms with E-state index in [0.29, 0.717) is 21.4 Å². The summed E-state index contributed by atoms with van der Waals surface area (Å²) in [6.45, 7) is 0.219. The normalized spacial score (nSPS) is 11.3. The molecule has 0 amide bonds. The first-order valence-corrected chi connectivity index (χ1v) is 8.38. The van der Waals surface area contributed by atoms with Gasteiger partial charge in [0.25, 0.3) is 0 Å². The molecule has 0 aromatic heterocycles. The highest BCUT2D eigenvalue weighted by Crippen LogP contribution is 2.26. The summed E-state index contributed by atoms with van der Waals surface area (Å²) >= 11 is 12.1. The van der Waals surface area contributed by atoms with Gasteiger partial charge >= 0.3 is 0 Å². The lowest BCUT2D eigenvalue weighted by molar-refractivity contribution is 0.306. The summed E-state index contributed by atoms with van der Waals surface area (Å²) in [5.74, 6) is 0.549. The fraction of sp³-hybridized carbons (Fsp3) is 0.143. The predicted molar refractivity (Wildman–Crippen MR) is 80.3 cm³/mol. The zero-order chi connectivity index (χ0) is 14.8. The third-order valence-corrected chi connectivity index (χ3v) is 4.53. The third kappa shape index (κ3) is 3.66. The molecule has 0 aliphatic rings. The molecule has 2 rings (SSSR count). The van der Waals surface area contributed by atoms with Crippen LogP contribution in [0.2, 0.25) is 10.0 Å². The fourth-order valence-corrected chi connectivity index (χ4v) is 2.75. The maximum atomic E-state index is 11.3. The Bertz CT molecular complexity index is 689. The van der Waals surface area contributed by atoms with E-state index in [1.165, 1.54) is 12.1 Å². The summed E-state index contributed by atoms with van der Waals surface area (Å²) in [6.07, 6.45) is 1.16. The van der Waals surface area contributed by atoms with Gasteiger partial charge in [-0.05, 0) is 36.4 Å². The quantitative estimate of drug-likeness (QED) is 0.851.